The molecule has 0 bridgehead atoms. The summed E-state index contributed by atoms with van der Waals surface area (Å²) in [5.41, 5.74) is -6.10. The van der Waals surface area contributed by atoms with Gasteiger partial charge in [0.2, 0.25) is 0 Å². The number of ether oxygens (including phenoxy) is 2. The average molecular weight is 414 g/mol. The molecule has 142 valence electrons. The fraction of sp³-hybridized carbons (Fsp3) is 0.200. The van der Waals surface area contributed by atoms with Gasteiger partial charge in [-0.3, -0.25) is 0 Å². The van der Waals surface area contributed by atoms with Crippen LogP contribution in [-0.4, -0.2) is 27.8 Å². The minimum Gasteiger partial charge on any atom is -0.452 e. The molecule has 0 unspecified atom stereocenters. The molecule has 0 spiro atoms. The van der Waals surface area contributed by atoms with Crippen molar-refractivity contribution in [1.82, 2.24) is 0 Å². The largest absolute Gasteiger partial charge is 0.516 e. The molecule has 2 aromatic rings. The Hall–Kier alpha value is -2.04. The van der Waals surface area contributed by atoms with Gasteiger partial charge in [0.1, 0.15) is 6.73 Å². The number of rotatable bonds is 6. The maximum Gasteiger partial charge on any atom is 0.516 e. The van der Waals surface area contributed by atoms with Crippen molar-refractivity contribution in [1.29, 1.82) is 0 Å². The van der Waals surface area contributed by atoms with E-state index in [1.807, 2.05) is 0 Å². The van der Waals surface area contributed by atoms with Crippen LogP contribution in [0.4, 0.5) is 23.2 Å². The molecule has 0 aliphatic carbocycles. The highest BCUT2D eigenvalue weighted by atomic mass is 35.5. The predicted molar refractivity (Wildman–Crippen MR) is 87.3 cm³/mol. The number of alkyl halides is 3. The minimum absolute atomic E-state index is 0.0422. The number of sulfonamides is 1. The summed E-state index contributed by atoms with van der Waals surface area (Å²) in [4.78, 5) is 0. The van der Waals surface area contributed by atoms with Crippen LogP contribution in [0.3, 0.4) is 0 Å². The molecule has 0 N–H and O–H groups in total. The van der Waals surface area contributed by atoms with Crippen molar-refractivity contribution < 1.29 is 35.5 Å². The third kappa shape index (κ3) is 4.19. The molecule has 0 aliphatic rings. The number of halogens is 5. The van der Waals surface area contributed by atoms with Crippen molar-refractivity contribution in [3.05, 3.63) is 53.3 Å². The molecule has 26 heavy (non-hydrogen) atoms. The van der Waals surface area contributed by atoms with E-state index in [-0.39, 0.29) is 15.1 Å². The first kappa shape index (κ1) is 20.3. The molecule has 0 amide bonds. The van der Waals surface area contributed by atoms with Gasteiger partial charge in [0.05, 0.1) is 5.69 Å². The highest BCUT2D eigenvalue weighted by Gasteiger charge is 2.51. The monoisotopic (exact) mass is 413 g/mol. The Balaban J connectivity index is 2.58. The third-order valence-electron chi connectivity index (χ3n) is 3.08. The van der Waals surface area contributed by atoms with Crippen molar-refractivity contribution >= 4 is 27.3 Å². The van der Waals surface area contributed by atoms with Gasteiger partial charge >= 0.3 is 15.5 Å². The van der Waals surface area contributed by atoms with Crippen LogP contribution in [0, 0.1) is 5.82 Å². The van der Waals surface area contributed by atoms with Crippen molar-refractivity contribution in [3.8, 4) is 11.5 Å². The Morgan fingerprint density at radius 1 is 1.12 bits per heavy atom. The summed E-state index contributed by atoms with van der Waals surface area (Å²) in [6, 6.07) is 8.34. The van der Waals surface area contributed by atoms with E-state index < -0.39 is 39.5 Å². The van der Waals surface area contributed by atoms with E-state index in [0.29, 0.717) is 0 Å². The zero-order valence-electron chi connectivity index (χ0n) is 13.1. The van der Waals surface area contributed by atoms with Gasteiger partial charge in [-0.2, -0.15) is 21.6 Å². The molecule has 11 heteroatoms. The molecule has 2 aromatic carbocycles. The molecule has 0 atom stereocenters. The van der Waals surface area contributed by atoms with Gasteiger partial charge in [0.15, 0.2) is 17.3 Å². The zero-order chi connectivity index (χ0) is 19.5. The van der Waals surface area contributed by atoms with Gasteiger partial charge in [0, 0.05) is 18.2 Å². The molecule has 0 aromatic heterocycles. The van der Waals surface area contributed by atoms with E-state index in [2.05, 4.69) is 4.74 Å². The van der Waals surface area contributed by atoms with Crippen molar-refractivity contribution in [2.75, 3.05) is 18.1 Å². The van der Waals surface area contributed by atoms with Crippen molar-refractivity contribution in [3.63, 3.8) is 0 Å². The van der Waals surface area contributed by atoms with Gasteiger partial charge in [-0.15, -0.1) is 0 Å². The Bertz CT molecular complexity index is 889. The second-order valence-corrected chi connectivity index (χ2v) is 7.15. The van der Waals surface area contributed by atoms with Gasteiger partial charge in [0.25, 0.3) is 0 Å². The maximum atomic E-state index is 13.8. The molecule has 0 heterocycles. The molecule has 0 saturated carbocycles. The van der Waals surface area contributed by atoms with Crippen LogP contribution in [0.1, 0.15) is 0 Å². The van der Waals surface area contributed by atoms with Crippen LogP contribution in [0.2, 0.25) is 5.02 Å². The molecule has 2 rings (SSSR count). The molecule has 0 radical (unpaired) electrons. The average Bonchev–Trinajstić information content (AvgIpc) is 2.54. The topological polar surface area (TPSA) is 55.8 Å². The Kier molecular flexibility index (Phi) is 5.99. The SMILES string of the molecule is COCN(c1ccc(Cl)cc1Oc1ccccc1F)S(=O)(=O)C(F)(F)F. The lowest BCUT2D eigenvalue weighted by molar-refractivity contribution is -0.0443. The molecule has 0 saturated heterocycles. The van der Waals surface area contributed by atoms with Gasteiger partial charge in [-0.1, -0.05) is 23.7 Å². The first-order chi connectivity index (χ1) is 12.1. The normalized spacial score (nSPS) is 12.1. The summed E-state index contributed by atoms with van der Waals surface area (Å²) in [6.07, 6.45) is 0. The van der Waals surface area contributed by atoms with Crippen LogP contribution >= 0.6 is 11.6 Å². The quantitative estimate of drug-likeness (QED) is 0.515. The zero-order valence-corrected chi connectivity index (χ0v) is 14.7. The number of anilines is 1. The first-order valence-corrected chi connectivity index (χ1v) is 8.69. The number of hydrogen-bond donors (Lipinski definition) is 0. The van der Waals surface area contributed by atoms with Crippen LogP contribution in [0.15, 0.2) is 42.5 Å². The number of hydrogen-bond acceptors (Lipinski definition) is 4. The lowest BCUT2D eigenvalue weighted by atomic mass is 10.3. The van der Waals surface area contributed by atoms with Crippen molar-refractivity contribution in [2.24, 2.45) is 0 Å². The van der Waals surface area contributed by atoms with Gasteiger partial charge in [-0.05, 0) is 24.3 Å². The van der Waals surface area contributed by atoms with E-state index in [4.69, 9.17) is 16.3 Å². The second kappa shape index (κ2) is 7.68. The molecular weight excluding hydrogens is 402 g/mol. The lowest BCUT2D eigenvalue weighted by Gasteiger charge is -2.26. The number of methoxy groups -OCH3 is 1. The highest BCUT2D eigenvalue weighted by molar-refractivity contribution is 7.93. The number of nitrogens with zero attached hydrogens (tertiary/aromatic N) is 1. The smallest absolute Gasteiger partial charge is 0.452 e. The van der Waals surface area contributed by atoms with E-state index in [9.17, 15) is 26.0 Å². The fourth-order valence-electron chi connectivity index (χ4n) is 1.93. The van der Waals surface area contributed by atoms with E-state index >= 15 is 0 Å². The summed E-state index contributed by atoms with van der Waals surface area (Å²) in [6.45, 7) is -0.947. The maximum absolute atomic E-state index is 13.8. The fourth-order valence-corrected chi connectivity index (χ4v) is 3.00. The van der Waals surface area contributed by atoms with Crippen LogP contribution in [-0.2, 0) is 14.8 Å². The standard InChI is InChI=1S/C15H12ClF4NO4S/c1-24-9-21(26(22,23)15(18,19)20)12-7-6-10(16)8-14(12)25-13-5-3-2-4-11(13)17/h2-8H,9H2,1H3. The van der Waals surface area contributed by atoms with Crippen LogP contribution < -0.4 is 9.04 Å². The number of benzene rings is 2. The van der Waals surface area contributed by atoms with Gasteiger partial charge < -0.3 is 9.47 Å². The molecular formula is C15H12ClF4NO4S. The molecule has 5 nitrogen and oxygen atoms in total. The second-order valence-electron chi connectivity index (χ2n) is 4.86. The Morgan fingerprint density at radius 3 is 2.35 bits per heavy atom. The number of para-hydroxylation sites is 1. The van der Waals surface area contributed by atoms with Crippen LogP contribution in [0.5, 0.6) is 11.5 Å². The third-order valence-corrected chi connectivity index (χ3v) is 4.78. The lowest BCUT2D eigenvalue weighted by Crippen LogP contribution is -2.42. The summed E-state index contributed by atoms with van der Waals surface area (Å²) in [7, 11) is -4.78. The minimum atomic E-state index is -5.80. The summed E-state index contributed by atoms with van der Waals surface area (Å²) >= 11 is 5.81. The Morgan fingerprint density at radius 2 is 1.77 bits per heavy atom. The van der Waals surface area contributed by atoms with E-state index in [1.54, 1.807) is 0 Å². The van der Waals surface area contributed by atoms with E-state index in [1.165, 1.54) is 24.3 Å². The van der Waals surface area contributed by atoms with Crippen LogP contribution in [0.25, 0.3) is 0 Å². The molecule has 0 fully saturated rings. The summed E-state index contributed by atoms with van der Waals surface area (Å²) < 4.78 is 86.3. The predicted octanol–water partition coefficient (Wildman–Crippen LogP) is 4.53. The van der Waals surface area contributed by atoms with Crippen molar-refractivity contribution in [2.45, 2.75) is 5.51 Å². The summed E-state index contributed by atoms with van der Waals surface area (Å²) in [5, 5.41) is 0.0434. The van der Waals surface area contributed by atoms with Gasteiger partial charge in [-0.25, -0.2) is 8.70 Å². The summed E-state index contributed by atoms with van der Waals surface area (Å²) in [5.74, 6) is -1.51. The highest BCUT2D eigenvalue weighted by Crippen LogP contribution is 2.39. The Labute approximate surface area is 151 Å². The van der Waals surface area contributed by atoms with E-state index in [0.717, 1.165) is 25.3 Å². The molecule has 0 aliphatic heterocycles. The first-order valence-electron chi connectivity index (χ1n) is 6.88.